The van der Waals surface area contributed by atoms with Crippen LogP contribution in [0.4, 0.5) is 4.39 Å². The van der Waals surface area contributed by atoms with Crippen LogP contribution in [0, 0.1) is 5.82 Å². The number of hydrogen-bond donors (Lipinski definition) is 1. The van der Waals surface area contributed by atoms with Crippen LogP contribution in [0.5, 0.6) is 0 Å². The zero-order valence-electron chi connectivity index (χ0n) is 8.75. The highest BCUT2D eigenvalue weighted by molar-refractivity contribution is 6.35. The molecule has 4 heteroatoms. The molecule has 0 aliphatic heterocycles. The molecule has 2 aromatic rings. The Morgan fingerprint density at radius 1 is 1.00 bits per heavy atom. The highest BCUT2D eigenvalue weighted by atomic mass is 35.5. The Kier molecular flexibility index (Phi) is 3.67. The molecule has 0 unspecified atom stereocenters. The van der Waals surface area contributed by atoms with Crippen molar-refractivity contribution in [2.75, 3.05) is 0 Å². The third kappa shape index (κ3) is 2.60. The van der Waals surface area contributed by atoms with Crippen molar-refractivity contribution < 1.29 is 9.50 Å². The standard InChI is InChI=1S/C13H9Cl2FO/c14-9-1-4-13(15)12(6-9)11-3-2-10(16)5-8(11)7-17/h1-6,17H,7H2. The molecule has 2 aromatic carbocycles. The van der Waals surface area contributed by atoms with E-state index in [0.717, 1.165) is 0 Å². The van der Waals surface area contributed by atoms with Gasteiger partial charge in [0.05, 0.1) is 6.61 Å². The van der Waals surface area contributed by atoms with Crippen molar-refractivity contribution in [2.24, 2.45) is 0 Å². The van der Waals surface area contributed by atoms with E-state index >= 15 is 0 Å². The average molecular weight is 271 g/mol. The minimum atomic E-state index is -0.393. The molecule has 1 N–H and O–H groups in total. The molecule has 0 fully saturated rings. The molecule has 0 spiro atoms. The monoisotopic (exact) mass is 270 g/mol. The largest absolute Gasteiger partial charge is 0.392 e. The van der Waals surface area contributed by atoms with Crippen LogP contribution < -0.4 is 0 Å². The number of halogens is 3. The molecule has 0 aliphatic rings. The van der Waals surface area contributed by atoms with Crippen LogP contribution in [0.15, 0.2) is 36.4 Å². The van der Waals surface area contributed by atoms with Crippen molar-refractivity contribution in [1.82, 2.24) is 0 Å². The third-order valence-corrected chi connectivity index (χ3v) is 3.02. The molecule has 0 bridgehead atoms. The summed E-state index contributed by atoms with van der Waals surface area (Å²) in [4.78, 5) is 0. The lowest BCUT2D eigenvalue weighted by molar-refractivity contribution is 0.282. The van der Waals surface area contributed by atoms with Gasteiger partial charge in [-0.1, -0.05) is 29.3 Å². The highest BCUT2D eigenvalue weighted by Gasteiger charge is 2.09. The molecule has 0 radical (unpaired) electrons. The molecule has 17 heavy (non-hydrogen) atoms. The van der Waals surface area contributed by atoms with Crippen LogP contribution in [-0.2, 0) is 6.61 Å². The topological polar surface area (TPSA) is 20.2 Å². The molecule has 88 valence electrons. The first-order valence-corrected chi connectivity index (χ1v) is 5.72. The van der Waals surface area contributed by atoms with Crippen molar-refractivity contribution in [2.45, 2.75) is 6.61 Å². The van der Waals surface area contributed by atoms with Gasteiger partial charge in [-0.3, -0.25) is 0 Å². The van der Waals surface area contributed by atoms with Crippen molar-refractivity contribution in [3.63, 3.8) is 0 Å². The van der Waals surface area contributed by atoms with E-state index < -0.39 is 5.82 Å². The summed E-state index contributed by atoms with van der Waals surface area (Å²) < 4.78 is 13.1. The lowest BCUT2D eigenvalue weighted by Crippen LogP contribution is -1.91. The Balaban J connectivity index is 2.63. The maximum Gasteiger partial charge on any atom is 0.123 e. The minimum Gasteiger partial charge on any atom is -0.392 e. The zero-order chi connectivity index (χ0) is 12.4. The van der Waals surface area contributed by atoms with Gasteiger partial charge in [-0.05, 0) is 41.5 Å². The van der Waals surface area contributed by atoms with Gasteiger partial charge in [0.25, 0.3) is 0 Å². The van der Waals surface area contributed by atoms with Gasteiger partial charge >= 0.3 is 0 Å². The van der Waals surface area contributed by atoms with Crippen LogP contribution in [0.2, 0.25) is 10.0 Å². The second-order valence-corrected chi connectivity index (χ2v) is 4.43. The fourth-order valence-corrected chi connectivity index (χ4v) is 2.05. The third-order valence-electron chi connectivity index (χ3n) is 2.46. The second-order valence-electron chi connectivity index (χ2n) is 3.58. The van der Waals surface area contributed by atoms with E-state index in [2.05, 4.69) is 0 Å². The predicted octanol–water partition coefficient (Wildman–Crippen LogP) is 4.29. The second kappa shape index (κ2) is 5.05. The maximum absolute atomic E-state index is 13.1. The molecule has 2 rings (SSSR count). The number of rotatable bonds is 2. The predicted molar refractivity (Wildman–Crippen MR) is 67.8 cm³/mol. The molecule has 0 heterocycles. The zero-order valence-corrected chi connectivity index (χ0v) is 10.3. The fraction of sp³-hybridized carbons (Fsp3) is 0.0769. The number of benzene rings is 2. The van der Waals surface area contributed by atoms with Crippen molar-refractivity contribution in [3.8, 4) is 11.1 Å². The molecule has 0 atom stereocenters. The summed E-state index contributed by atoms with van der Waals surface area (Å²) in [6.07, 6.45) is 0. The summed E-state index contributed by atoms with van der Waals surface area (Å²) in [6, 6.07) is 9.23. The molecular weight excluding hydrogens is 262 g/mol. The van der Waals surface area contributed by atoms with Gasteiger partial charge in [0.1, 0.15) is 5.82 Å². The molecule has 0 saturated heterocycles. The van der Waals surface area contributed by atoms with Crippen molar-refractivity contribution in [1.29, 1.82) is 0 Å². The summed E-state index contributed by atoms with van der Waals surface area (Å²) >= 11 is 12.0. The van der Waals surface area contributed by atoms with E-state index in [1.807, 2.05) is 0 Å². The molecule has 1 nitrogen and oxygen atoms in total. The fourth-order valence-electron chi connectivity index (χ4n) is 1.66. The van der Waals surface area contributed by atoms with Crippen molar-refractivity contribution >= 4 is 23.2 Å². The van der Waals surface area contributed by atoms with Crippen LogP contribution in [0.25, 0.3) is 11.1 Å². The molecular formula is C13H9Cl2FO. The molecule has 0 saturated carbocycles. The van der Waals surface area contributed by atoms with Crippen LogP contribution >= 0.6 is 23.2 Å². The van der Waals surface area contributed by atoms with Crippen LogP contribution in [0.3, 0.4) is 0 Å². The Hall–Kier alpha value is -1.09. The van der Waals surface area contributed by atoms with Gasteiger partial charge in [-0.2, -0.15) is 0 Å². The van der Waals surface area contributed by atoms with Gasteiger partial charge in [0, 0.05) is 15.6 Å². The Morgan fingerprint density at radius 3 is 2.47 bits per heavy atom. The first kappa shape index (κ1) is 12.4. The lowest BCUT2D eigenvalue weighted by atomic mass is 10.00. The number of aliphatic hydroxyl groups excluding tert-OH is 1. The number of aliphatic hydroxyl groups is 1. The lowest BCUT2D eigenvalue weighted by Gasteiger charge is -2.10. The maximum atomic E-state index is 13.1. The summed E-state index contributed by atoms with van der Waals surface area (Å²) in [6.45, 7) is -0.254. The van der Waals surface area contributed by atoms with Gasteiger partial charge < -0.3 is 5.11 Å². The van der Waals surface area contributed by atoms with Crippen molar-refractivity contribution in [3.05, 3.63) is 57.8 Å². The van der Waals surface area contributed by atoms with E-state index in [0.29, 0.717) is 26.7 Å². The van der Waals surface area contributed by atoms with E-state index in [4.69, 9.17) is 23.2 Å². The molecule has 0 aliphatic carbocycles. The van der Waals surface area contributed by atoms with E-state index in [9.17, 15) is 9.50 Å². The first-order valence-electron chi connectivity index (χ1n) is 4.96. The van der Waals surface area contributed by atoms with E-state index in [1.165, 1.54) is 12.1 Å². The van der Waals surface area contributed by atoms with Gasteiger partial charge in [0.2, 0.25) is 0 Å². The molecule has 0 amide bonds. The Bertz CT molecular complexity index is 555. The normalized spacial score (nSPS) is 10.6. The van der Waals surface area contributed by atoms with Gasteiger partial charge in [0.15, 0.2) is 0 Å². The highest BCUT2D eigenvalue weighted by Crippen LogP contribution is 2.33. The summed E-state index contributed by atoms with van der Waals surface area (Å²) in [5.41, 5.74) is 1.85. The summed E-state index contributed by atoms with van der Waals surface area (Å²) in [7, 11) is 0. The SMILES string of the molecule is OCc1cc(F)ccc1-c1cc(Cl)ccc1Cl. The van der Waals surface area contributed by atoms with E-state index in [-0.39, 0.29) is 6.61 Å². The smallest absolute Gasteiger partial charge is 0.123 e. The average Bonchev–Trinajstić information content (AvgIpc) is 2.32. The summed E-state index contributed by atoms with van der Waals surface area (Å²) in [5.74, 6) is -0.393. The van der Waals surface area contributed by atoms with E-state index in [1.54, 1.807) is 24.3 Å². The first-order chi connectivity index (χ1) is 8.11. The minimum absolute atomic E-state index is 0.254. The van der Waals surface area contributed by atoms with Crippen LogP contribution in [0.1, 0.15) is 5.56 Å². The Morgan fingerprint density at radius 2 is 1.76 bits per heavy atom. The Labute approximate surface area is 108 Å². The van der Waals surface area contributed by atoms with Gasteiger partial charge in [-0.15, -0.1) is 0 Å². The van der Waals surface area contributed by atoms with Crippen LogP contribution in [-0.4, -0.2) is 5.11 Å². The summed E-state index contributed by atoms with van der Waals surface area (Å²) in [5, 5.41) is 10.3. The quantitative estimate of drug-likeness (QED) is 0.863. The number of hydrogen-bond acceptors (Lipinski definition) is 1. The molecule has 0 aromatic heterocycles. The van der Waals surface area contributed by atoms with Gasteiger partial charge in [-0.25, -0.2) is 4.39 Å².